The fourth-order valence-electron chi connectivity index (χ4n) is 9.69. The van der Waals surface area contributed by atoms with Crippen molar-refractivity contribution in [1.29, 1.82) is 0 Å². The number of phenolic OH excluding ortho intramolecular Hbond substituents is 2. The first-order valence-corrected chi connectivity index (χ1v) is 14.4. The molecule has 3 saturated carbocycles. The molecule has 39 heavy (non-hydrogen) atoms. The zero-order valence-electron chi connectivity index (χ0n) is 22.3. The molecule has 2 aromatic carbocycles. The first-order chi connectivity index (χ1) is 18.7. The van der Waals surface area contributed by atoms with Crippen LogP contribution in [-0.4, -0.2) is 78.8 Å². The van der Waals surface area contributed by atoms with Crippen molar-refractivity contribution in [2.75, 3.05) is 19.6 Å². The predicted molar refractivity (Wildman–Crippen MR) is 142 cm³/mol. The Balaban J connectivity index is 1.22. The number of nitrogens with zero attached hydrogens (tertiary/aromatic N) is 3. The number of rotatable bonds is 5. The Labute approximate surface area is 227 Å². The van der Waals surface area contributed by atoms with Crippen LogP contribution >= 0.6 is 0 Å². The number of benzene rings is 2. The summed E-state index contributed by atoms with van der Waals surface area (Å²) in [5.74, 6) is 0.831. The molecule has 2 aliphatic heterocycles. The Bertz CT molecular complexity index is 1420. The number of aliphatic hydroxyl groups is 1. The highest BCUT2D eigenvalue weighted by molar-refractivity contribution is 6.07. The predicted octanol–water partition coefficient (Wildman–Crippen LogP) is 3.22. The van der Waals surface area contributed by atoms with Crippen molar-refractivity contribution < 1.29 is 24.9 Å². The van der Waals surface area contributed by atoms with Crippen LogP contribution in [0.2, 0.25) is 0 Å². The molecule has 2 heterocycles. The molecule has 2 saturated heterocycles. The second-order valence-corrected chi connectivity index (χ2v) is 13.1. The van der Waals surface area contributed by atoms with Crippen molar-refractivity contribution in [1.82, 2.24) is 14.7 Å². The van der Waals surface area contributed by atoms with Gasteiger partial charge in [0.05, 0.1) is 18.2 Å². The van der Waals surface area contributed by atoms with Gasteiger partial charge in [-0.05, 0) is 92.3 Å². The number of hydrogen-bond donors (Lipinski definition) is 3. The van der Waals surface area contributed by atoms with Gasteiger partial charge in [-0.2, -0.15) is 0 Å². The van der Waals surface area contributed by atoms with Crippen molar-refractivity contribution in [3.8, 4) is 11.5 Å². The maximum Gasteiger partial charge on any atom is 0.327 e. The van der Waals surface area contributed by atoms with Gasteiger partial charge >= 0.3 is 6.03 Å². The summed E-state index contributed by atoms with van der Waals surface area (Å²) in [6.07, 6.45) is 4.50. The van der Waals surface area contributed by atoms with Gasteiger partial charge in [0, 0.05) is 30.5 Å². The molecule has 4 aliphatic carbocycles. The summed E-state index contributed by atoms with van der Waals surface area (Å²) < 4.78 is 0. The monoisotopic (exact) mass is 529 g/mol. The van der Waals surface area contributed by atoms with Crippen molar-refractivity contribution in [2.24, 2.45) is 5.92 Å². The van der Waals surface area contributed by atoms with Crippen LogP contribution in [0.3, 0.4) is 0 Å². The molecule has 0 aromatic heterocycles. The molecule has 8 rings (SSSR count). The molecular formula is C31H35N3O5. The Kier molecular flexibility index (Phi) is 4.47. The first-order valence-electron chi connectivity index (χ1n) is 14.4. The minimum absolute atomic E-state index is 0.00961. The average molecular weight is 530 g/mol. The third-order valence-corrected chi connectivity index (χ3v) is 11.2. The van der Waals surface area contributed by atoms with Gasteiger partial charge in [-0.3, -0.25) is 14.6 Å². The number of likely N-dealkylation sites (tertiary alicyclic amines) is 1. The summed E-state index contributed by atoms with van der Waals surface area (Å²) in [6, 6.07) is 11.9. The van der Waals surface area contributed by atoms with Crippen LogP contribution in [0.25, 0.3) is 0 Å². The molecule has 5 fully saturated rings. The largest absolute Gasteiger partial charge is 0.508 e. The van der Waals surface area contributed by atoms with Gasteiger partial charge in [-0.1, -0.05) is 18.2 Å². The number of fused-ring (bicyclic) bond motifs is 2. The molecule has 2 bridgehead atoms. The Hall–Kier alpha value is -3.10. The fourth-order valence-corrected chi connectivity index (χ4v) is 9.69. The zero-order valence-corrected chi connectivity index (χ0v) is 22.3. The molecule has 3 N–H and O–H groups in total. The van der Waals surface area contributed by atoms with Crippen LogP contribution in [0, 0.1) is 5.92 Å². The van der Waals surface area contributed by atoms with Gasteiger partial charge in [0.25, 0.3) is 5.91 Å². The van der Waals surface area contributed by atoms with E-state index in [2.05, 4.69) is 4.90 Å². The van der Waals surface area contributed by atoms with Crippen LogP contribution in [0.5, 0.6) is 11.5 Å². The summed E-state index contributed by atoms with van der Waals surface area (Å²) >= 11 is 0. The number of aromatic hydroxyl groups is 2. The van der Waals surface area contributed by atoms with Crippen LogP contribution in [-0.2, 0) is 22.2 Å². The molecule has 5 atom stereocenters. The standard InChI is InChI=1S/C31H35N3O5/c1-2-34-27(38)33(15-20-5-7-21(35)8-6-20)26(37)30(34)11-12-31(39)25-28(18-32(25)14-19-3-4-19)16-29(31,17-30)24-13-22(36)9-10-23(24)28/h5-10,13,19,25,35-36,39H,2-4,11-12,14-18H2,1H3/t25-,28?,29-,30+,31-/m1/s1. The minimum atomic E-state index is -1.03. The van der Waals surface area contributed by atoms with Crippen LogP contribution < -0.4 is 0 Å². The highest BCUT2D eigenvalue weighted by Gasteiger charge is 2.83. The van der Waals surface area contributed by atoms with E-state index in [1.165, 1.54) is 23.3 Å². The summed E-state index contributed by atoms with van der Waals surface area (Å²) in [7, 11) is 0. The lowest BCUT2D eigenvalue weighted by atomic mass is 9.52. The van der Waals surface area contributed by atoms with Crippen molar-refractivity contribution in [3.05, 3.63) is 59.2 Å². The smallest absolute Gasteiger partial charge is 0.327 e. The molecule has 3 amide bonds. The number of imide groups is 1. The zero-order chi connectivity index (χ0) is 26.9. The maximum absolute atomic E-state index is 14.3. The lowest BCUT2D eigenvalue weighted by Crippen LogP contribution is -2.76. The number of carbonyl (C=O) groups excluding carboxylic acids is 2. The molecule has 0 radical (unpaired) electrons. The highest BCUT2D eigenvalue weighted by atomic mass is 16.3. The number of likely N-dealkylation sites (N-methyl/N-ethyl adjacent to an activating group) is 1. The molecule has 6 aliphatic rings. The first kappa shape index (κ1) is 23.8. The van der Waals surface area contributed by atoms with E-state index in [1.807, 2.05) is 19.1 Å². The Morgan fingerprint density at radius 1 is 0.949 bits per heavy atom. The third kappa shape index (κ3) is 2.72. The number of amides is 3. The van der Waals surface area contributed by atoms with E-state index in [-0.39, 0.29) is 41.4 Å². The molecule has 2 aromatic rings. The Morgan fingerprint density at radius 3 is 2.41 bits per heavy atom. The molecule has 3 spiro atoms. The molecule has 8 nitrogen and oxygen atoms in total. The summed E-state index contributed by atoms with van der Waals surface area (Å²) in [5.41, 5.74) is 0.0258. The lowest BCUT2D eigenvalue weighted by molar-refractivity contribution is -0.168. The van der Waals surface area contributed by atoms with Gasteiger partial charge in [0.1, 0.15) is 17.0 Å². The summed E-state index contributed by atoms with van der Waals surface area (Å²) in [5, 5.41) is 33.0. The van der Waals surface area contributed by atoms with Gasteiger partial charge < -0.3 is 20.2 Å². The summed E-state index contributed by atoms with van der Waals surface area (Å²) in [6.45, 7) is 4.39. The number of hydrogen-bond acceptors (Lipinski definition) is 6. The second kappa shape index (κ2) is 7.34. The Morgan fingerprint density at radius 2 is 1.69 bits per heavy atom. The molecule has 204 valence electrons. The van der Waals surface area contributed by atoms with E-state index in [1.54, 1.807) is 35.2 Å². The minimum Gasteiger partial charge on any atom is -0.508 e. The molecular weight excluding hydrogens is 494 g/mol. The number of phenols is 2. The quantitative estimate of drug-likeness (QED) is 0.514. The van der Waals surface area contributed by atoms with Gasteiger partial charge in [0.2, 0.25) is 0 Å². The number of urea groups is 1. The van der Waals surface area contributed by atoms with E-state index in [0.717, 1.165) is 30.6 Å². The topological polar surface area (TPSA) is 105 Å². The van der Waals surface area contributed by atoms with Gasteiger partial charge in [-0.15, -0.1) is 0 Å². The lowest BCUT2D eigenvalue weighted by Gasteiger charge is -2.64. The van der Waals surface area contributed by atoms with Crippen LogP contribution in [0.15, 0.2) is 42.5 Å². The number of carbonyl (C=O) groups is 2. The molecule has 8 heteroatoms. The van der Waals surface area contributed by atoms with E-state index in [4.69, 9.17) is 0 Å². The third-order valence-electron chi connectivity index (χ3n) is 11.2. The van der Waals surface area contributed by atoms with Crippen LogP contribution in [0.4, 0.5) is 4.79 Å². The van der Waals surface area contributed by atoms with Gasteiger partial charge in [0.15, 0.2) is 0 Å². The van der Waals surface area contributed by atoms with Crippen LogP contribution in [0.1, 0.15) is 62.1 Å². The molecule has 1 unspecified atom stereocenters. The van der Waals surface area contributed by atoms with Crippen molar-refractivity contribution >= 4 is 11.9 Å². The fraction of sp³-hybridized carbons (Fsp3) is 0.548. The van der Waals surface area contributed by atoms with E-state index < -0.39 is 16.6 Å². The van der Waals surface area contributed by atoms with Crippen molar-refractivity contribution in [2.45, 2.75) is 80.0 Å². The van der Waals surface area contributed by atoms with E-state index in [0.29, 0.717) is 31.7 Å². The van der Waals surface area contributed by atoms with Gasteiger partial charge in [-0.25, -0.2) is 4.79 Å². The SMILES string of the molecule is CCN1C(=O)N(Cc2ccc(O)cc2)C(=O)[C@@]12CC[C@@]1(O)[C@@H]3N(CC4CC4)CC34C[C@@]1(C2)c1cc(O)ccc14. The maximum atomic E-state index is 14.3. The normalized spacial score (nSPS) is 38.3. The summed E-state index contributed by atoms with van der Waals surface area (Å²) in [4.78, 5) is 33.7. The van der Waals surface area contributed by atoms with Crippen molar-refractivity contribution in [3.63, 3.8) is 0 Å². The average Bonchev–Trinajstić information content (AvgIpc) is 3.61. The van der Waals surface area contributed by atoms with E-state index >= 15 is 0 Å². The second-order valence-electron chi connectivity index (χ2n) is 13.1. The van der Waals surface area contributed by atoms with E-state index in [9.17, 15) is 24.9 Å². The highest BCUT2D eigenvalue weighted by Crippen LogP contribution is 2.75.